The summed E-state index contributed by atoms with van der Waals surface area (Å²) in [5.41, 5.74) is 4.67. The number of aryl methyl sites for hydroxylation is 1. The zero-order chi connectivity index (χ0) is 26.4. The van der Waals surface area contributed by atoms with Gasteiger partial charge in [-0.2, -0.15) is 0 Å². The van der Waals surface area contributed by atoms with Gasteiger partial charge >= 0.3 is 6.09 Å². The van der Waals surface area contributed by atoms with Crippen molar-refractivity contribution >= 4 is 35.1 Å². The van der Waals surface area contributed by atoms with Crippen LogP contribution in [0.2, 0.25) is 0 Å². The van der Waals surface area contributed by atoms with Crippen molar-refractivity contribution in [3.63, 3.8) is 0 Å². The molecule has 0 spiro atoms. The standard InChI is InChI=1S/C30H36N4O2S/c1-22(25-11-13-26(14-12-25)37-21-24-9-7-6-8-10-24)31-27-15-16-28(32-23(27)2)33-17-19-34(20-18-33)29(35)36-30(3,4)5/h6-16H,17-21H2,1-5H3/b31-22+. The van der Waals surface area contributed by atoms with E-state index in [4.69, 9.17) is 14.7 Å². The molecule has 6 nitrogen and oxygen atoms in total. The van der Waals surface area contributed by atoms with Crippen molar-refractivity contribution in [1.82, 2.24) is 9.88 Å². The molecule has 7 heteroatoms. The maximum atomic E-state index is 12.3. The number of hydrogen-bond acceptors (Lipinski definition) is 6. The SMILES string of the molecule is C/C(=N\c1ccc(N2CCN(C(=O)OC(C)(C)C)CC2)nc1C)c1ccc(SCc2ccccc2)cc1. The zero-order valence-corrected chi connectivity index (χ0v) is 23.2. The average molecular weight is 517 g/mol. The molecule has 0 unspecified atom stereocenters. The molecule has 0 aliphatic carbocycles. The number of carbonyl (C=O) groups excluding carboxylic acids is 1. The first-order valence-electron chi connectivity index (χ1n) is 12.7. The van der Waals surface area contributed by atoms with Crippen LogP contribution in [0.3, 0.4) is 0 Å². The maximum absolute atomic E-state index is 12.3. The van der Waals surface area contributed by atoms with Crippen LogP contribution in [-0.4, -0.2) is 53.5 Å². The van der Waals surface area contributed by atoms with Crippen molar-refractivity contribution in [1.29, 1.82) is 0 Å². The predicted molar refractivity (Wildman–Crippen MR) is 153 cm³/mol. The molecule has 1 saturated heterocycles. The molecule has 2 aromatic carbocycles. The number of piperazine rings is 1. The smallest absolute Gasteiger partial charge is 0.410 e. The number of benzene rings is 2. The number of hydrogen-bond donors (Lipinski definition) is 0. The topological polar surface area (TPSA) is 58.0 Å². The Bertz CT molecular complexity index is 1230. The van der Waals surface area contributed by atoms with E-state index in [0.717, 1.165) is 47.3 Å². The molecule has 1 aromatic heterocycles. The van der Waals surface area contributed by atoms with Gasteiger partial charge in [-0.25, -0.2) is 9.78 Å². The third kappa shape index (κ3) is 7.59. The minimum Gasteiger partial charge on any atom is -0.444 e. The molecule has 0 N–H and O–H groups in total. The van der Waals surface area contributed by atoms with Gasteiger partial charge in [0.15, 0.2) is 0 Å². The van der Waals surface area contributed by atoms with E-state index in [1.165, 1.54) is 10.5 Å². The summed E-state index contributed by atoms with van der Waals surface area (Å²) in [5, 5.41) is 0. The summed E-state index contributed by atoms with van der Waals surface area (Å²) in [5.74, 6) is 1.87. The van der Waals surface area contributed by atoms with E-state index in [1.807, 2.05) is 64.6 Å². The van der Waals surface area contributed by atoms with Crippen LogP contribution < -0.4 is 4.90 Å². The molecule has 1 aliphatic rings. The first-order chi connectivity index (χ1) is 17.7. The van der Waals surface area contributed by atoms with Gasteiger partial charge in [0.05, 0.1) is 11.4 Å². The Kier molecular flexibility index (Phi) is 8.54. The van der Waals surface area contributed by atoms with Gasteiger partial charge in [0, 0.05) is 42.5 Å². The van der Waals surface area contributed by atoms with Crippen LogP contribution >= 0.6 is 11.8 Å². The van der Waals surface area contributed by atoms with Gasteiger partial charge in [-0.3, -0.25) is 4.99 Å². The lowest BCUT2D eigenvalue weighted by Crippen LogP contribution is -2.50. The van der Waals surface area contributed by atoms with Gasteiger partial charge in [-0.15, -0.1) is 11.8 Å². The molecule has 194 valence electrons. The monoisotopic (exact) mass is 516 g/mol. The predicted octanol–water partition coefficient (Wildman–Crippen LogP) is 6.88. The van der Waals surface area contributed by atoms with Crippen molar-refractivity contribution in [2.45, 2.75) is 50.9 Å². The van der Waals surface area contributed by atoms with Crippen molar-refractivity contribution in [3.05, 3.63) is 83.6 Å². The van der Waals surface area contributed by atoms with Crippen LogP contribution in [0.4, 0.5) is 16.3 Å². The molecule has 0 bridgehead atoms. The Hall–Kier alpha value is -3.32. The third-order valence-electron chi connectivity index (χ3n) is 6.11. The van der Waals surface area contributed by atoms with E-state index in [1.54, 1.807) is 4.90 Å². The van der Waals surface area contributed by atoms with Gasteiger partial charge < -0.3 is 14.5 Å². The summed E-state index contributed by atoms with van der Waals surface area (Å²) in [6.45, 7) is 12.4. The molecule has 3 aromatic rings. The molecule has 0 atom stereocenters. The lowest BCUT2D eigenvalue weighted by molar-refractivity contribution is 0.0240. The van der Waals surface area contributed by atoms with E-state index in [9.17, 15) is 4.79 Å². The highest BCUT2D eigenvalue weighted by Gasteiger charge is 2.26. The molecule has 0 radical (unpaired) electrons. The second kappa shape index (κ2) is 11.8. The summed E-state index contributed by atoms with van der Waals surface area (Å²) in [4.78, 5) is 27.2. The highest BCUT2D eigenvalue weighted by molar-refractivity contribution is 7.98. The summed E-state index contributed by atoms with van der Waals surface area (Å²) < 4.78 is 5.50. The van der Waals surface area contributed by atoms with Crippen LogP contribution in [0.25, 0.3) is 0 Å². The van der Waals surface area contributed by atoms with Crippen molar-refractivity contribution in [2.24, 2.45) is 4.99 Å². The molecule has 4 rings (SSSR count). The number of carbonyl (C=O) groups is 1. The molecule has 1 aliphatic heterocycles. The second-order valence-electron chi connectivity index (χ2n) is 10.2. The highest BCUT2D eigenvalue weighted by atomic mass is 32.2. The molecule has 0 saturated carbocycles. The van der Waals surface area contributed by atoms with E-state index in [0.29, 0.717) is 13.1 Å². The Morgan fingerprint density at radius 1 is 0.973 bits per heavy atom. The van der Waals surface area contributed by atoms with Crippen molar-refractivity contribution < 1.29 is 9.53 Å². The lowest BCUT2D eigenvalue weighted by Gasteiger charge is -2.36. The van der Waals surface area contributed by atoms with Crippen LogP contribution in [0.15, 0.2) is 76.6 Å². The van der Waals surface area contributed by atoms with Crippen LogP contribution in [-0.2, 0) is 10.5 Å². The van der Waals surface area contributed by atoms with Crippen LogP contribution in [0.1, 0.15) is 44.5 Å². The third-order valence-corrected chi connectivity index (χ3v) is 7.19. The number of aliphatic imine (C=N–C) groups is 1. The number of amides is 1. The Morgan fingerprint density at radius 2 is 1.65 bits per heavy atom. The fourth-order valence-electron chi connectivity index (χ4n) is 4.06. The number of pyridine rings is 1. The van der Waals surface area contributed by atoms with Gasteiger partial charge in [-0.05, 0) is 70.0 Å². The Balaban J connectivity index is 1.35. The summed E-state index contributed by atoms with van der Waals surface area (Å²) >= 11 is 1.84. The average Bonchev–Trinajstić information content (AvgIpc) is 2.88. The minimum absolute atomic E-state index is 0.251. The number of aromatic nitrogens is 1. The normalized spacial score (nSPS) is 14.6. The molecule has 37 heavy (non-hydrogen) atoms. The lowest BCUT2D eigenvalue weighted by atomic mass is 10.1. The van der Waals surface area contributed by atoms with Crippen molar-refractivity contribution in [3.8, 4) is 0 Å². The van der Waals surface area contributed by atoms with E-state index in [2.05, 4.69) is 53.4 Å². The van der Waals surface area contributed by atoms with E-state index < -0.39 is 5.60 Å². The molecule has 2 heterocycles. The fourth-order valence-corrected chi connectivity index (χ4v) is 4.91. The van der Waals surface area contributed by atoms with Gasteiger partial charge in [0.2, 0.25) is 0 Å². The molecule has 1 amide bonds. The summed E-state index contributed by atoms with van der Waals surface area (Å²) in [7, 11) is 0. The Labute approximate surface area is 224 Å². The zero-order valence-electron chi connectivity index (χ0n) is 22.4. The Morgan fingerprint density at radius 3 is 2.27 bits per heavy atom. The quantitative estimate of drug-likeness (QED) is 0.264. The van der Waals surface area contributed by atoms with Crippen LogP contribution in [0.5, 0.6) is 0 Å². The number of thioether (sulfide) groups is 1. The number of nitrogens with zero attached hydrogens (tertiary/aromatic N) is 4. The first-order valence-corrected chi connectivity index (χ1v) is 13.7. The van der Waals surface area contributed by atoms with Crippen molar-refractivity contribution in [2.75, 3.05) is 31.1 Å². The van der Waals surface area contributed by atoms with E-state index >= 15 is 0 Å². The summed E-state index contributed by atoms with van der Waals surface area (Å²) in [6.07, 6.45) is -0.251. The van der Waals surface area contributed by atoms with E-state index in [-0.39, 0.29) is 6.09 Å². The molecular formula is C30H36N4O2S. The largest absolute Gasteiger partial charge is 0.444 e. The van der Waals surface area contributed by atoms with Gasteiger partial charge in [0.1, 0.15) is 11.4 Å². The fraction of sp³-hybridized carbons (Fsp3) is 0.367. The molecular weight excluding hydrogens is 480 g/mol. The summed E-state index contributed by atoms with van der Waals surface area (Å²) in [6, 6.07) is 23.2. The van der Waals surface area contributed by atoms with Crippen LogP contribution in [0, 0.1) is 6.92 Å². The maximum Gasteiger partial charge on any atom is 0.410 e. The second-order valence-corrected chi connectivity index (χ2v) is 11.3. The minimum atomic E-state index is -0.481. The highest BCUT2D eigenvalue weighted by Crippen LogP contribution is 2.26. The molecule has 1 fully saturated rings. The number of anilines is 1. The van der Waals surface area contributed by atoms with Gasteiger partial charge in [-0.1, -0.05) is 42.5 Å². The number of ether oxygens (including phenoxy) is 1. The number of rotatable bonds is 6. The first kappa shape index (κ1) is 26.7. The van der Waals surface area contributed by atoms with Gasteiger partial charge in [0.25, 0.3) is 0 Å².